The van der Waals surface area contributed by atoms with Crippen LogP contribution in [-0.4, -0.2) is 21.8 Å². The van der Waals surface area contributed by atoms with Crippen molar-refractivity contribution in [2.24, 2.45) is 0 Å². The summed E-state index contributed by atoms with van der Waals surface area (Å²) in [7, 11) is 0. The quantitative estimate of drug-likeness (QED) is 0.516. The van der Waals surface area contributed by atoms with Crippen molar-refractivity contribution in [3.05, 3.63) is 89.9 Å². The topological polar surface area (TPSA) is 62.3 Å². The van der Waals surface area contributed by atoms with Crippen molar-refractivity contribution in [1.82, 2.24) is 15.2 Å². The lowest BCUT2D eigenvalue weighted by Gasteiger charge is -2.24. The number of nitrogens with one attached hydrogen (secondary N) is 1. The van der Waals surface area contributed by atoms with Crippen LogP contribution in [0.5, 0.6) is 0 Å². The van der Waals surface area contributed by atoms with Crippen LogP contribution >= 0.6 is 0 Å². The van der Waals surface area contributed by atoms with Crippen molar-refractivity contribution in [3.8, 4) is 0 Å². The van der Waals surface area contributed by atoms with Crippen molar-refractivity contribution < 1.29 is 14.0 Å². The SMILES string of the molecule is CC1(c2cccc3ccccc23)NC(=O)N(Cc2cc(F)cc3cccnc23)C1=O. The molecule has 0 bridgehead atoms. The van der Waals surface area contributed by atoms with Crippen LogP contribution in [0.4, 0.5) is 9.18 Å². The van der Waals surface area contributed by atoms with Crippen LogP contribution in [0.3, 0.4) is 0 Å². The van der Waals surface area contributed by atoms with Gasteiger partial charge in [0.2, 0.25) is 0 Å². The molecule has 6 heteroatoms. The number of nitrogens with zero attached hydrogens (tertiary/aromatic N) is 2. The molecule has 0 spiro atoms. The van der Waals surface area contributed by atoms with E-state index in [-0.39, 0.29) is 12.5 Å². The van der Waals surface area contributed by atoms with E-state index >= 15 is 0 Å². The average molecular weight is 399 g/mol. The van der Waals surface area contributed by atoms with E-state index in [4.69, 9.17) is 0 Å². The van der Waals surface area contributed by atoms with Gasteiger partial charge in [-0.15, -0.1) is 0 Å². The molecule has 148 valence electrons. The Hall–Kier alpha value is -3.80. The van der Waals surface area contributed by atoms with Gasteiger partial charge in [-0.3, -0.25) is 14.7 Å². The van der Waals surface area contributed by atoms with E-state index in [1.54, 1.807) is 25.3 Å². The fraction of sp³-hybridized carbons (Fsp3) is 0.125. The second-order valence-electron chi connectivity index (χ2n) is 7.61. The molecule has 0 radical (unpaired) electrons. The molecule has 1 aliphatic heterocycles. The summed E-state index contributed by atoms with van der Waals surface area (Å²) in [5.74, 6) is -0.813. The number of amides is 3. The average Bonchev–Trinajstić information content (AvgIpc) is 2.97. The molecule has 1 aliphatic rings. The maximum absolute atomic E-state index is 14.1. The standard InChI is InChI=1S/C24H18FN3O2/c1-24(20-10-4-7-15-6-2-3-9-19(15)20)22(29)28(23(30)27-24)14-17-13-18(25)12-16-8-5-11-26-21(16)17/h2-13H,14H2,1H3,(H,27,30). The van der Waals surface area contributed by atoms with Crippen LogP contribution in [0, 0.1) is 5.82 Å². The second-order valence-corrected chi connectivity index (χ2v) is 7.61. The third-order valence-electron chi connectivity index (χ3n) is 5.68. The van der Waals surface area contributed by atoms with E-state index in [0.29, 0.717) is 16.5 Å². The predicted molar refractivity (Wildman–Crippen MR) is 112 cm³/mol. The first-order valence-corrected chi connectivity index (χ1v) is 9.63. The van der Waals surface area contributed by atoms with Crippen molar-refractivity contribution in [2.45, 2.75) is 19.0 Å². The van der Waals surface area contributed by atoms with Gasteiger partial charge in [-0.05, 0) is 41.5 Å². The van der Waals surface area contributed by atoms with Gasteiger partial charge in [0.15, 0.2) is 0 Å². The largest absolute Gasteiger partial charge is 0.325 e. The molecule has 3 amide bonds. The number of urea groups is 1. The number of rotatable bonds is 3. The highest BCUT2D eigenvalue weighted by molar-refractivity contribution is 6.09. The van der Waals surface area contributed by atoms with Crippen molar-refractivity contribution in [2.75, 3.05) is 0 Å². The van der Waals surface area contributed by atoms with Gasteiger partial charge < -0.3 is 5.32 Å². The highest BCUT2D eigenvalue weighted by Gasteiger charge is 2.49. The van der Waals surface area contributed by atoms with E-state index in [2.05, 4.69) is 10.3 Å². The smallest absolute Gasteiger partial charge is 0.319 e. The molecule has 2 heterocycles. The molecule has 0 aliphatic carbocycles. The van der Waals surface area contributed by atoms with Gasteiger partial charge in [0.25, 0.3) is 5.91 Å². The Kier molecular flexibility index (Phi) is 4.03. The molecule has 1 N–H and O–H groups in total. The monoisotopic (exact) mass is 399 g/mol. The number of hydrogen-bond donors (Lipinski definition) is 1. The number of pyridine rings is 1. The highest BCUT2D eigenvalue weighted by atomic mass is 19.1. The summed E-state index contributed by atoms with van der Waals surface area (Å²) >= 11 is 0. The number of carbonyl (C=O) groups is 2. The Morgan fingerprint density at radius 3 is 2.63 bits per heavy atom. The summed E-state index contributed by atoms with van der Waals surface area (Å²) in [5, 5.41) is 5.35. The normalized spacial score (nSPS) is 18.9. The minimum Gasteiger partial charge on any atom is -0.319 e. The molecular formula is C24H18FN3O2. The third kappa shape index (κ3) is 2.72. The summed E-state index contributed by atoms with van der Waals surface area (Å²) in [6.45, 7) is 1.65. The lowest BCUT2D eigenvalue weighted by molar-refractivity contribution is -0.131. The first kappa shape index (κ1) is 18.2. The molecule has 1 saturated heterocycles. The maximum atomic E-state index is 14.1. The molecule has 30 heavy (non-hydrogen) atoms. The van der Waals surface area contributed by atoms with E-state index in [0.717, 1.165) is 21.2 Å². The molecule has 0 saturated carbocycles. The van der Waals surface area contributed by atoms with Gasteiger partial charge in [0.1, 0.15) is 11.4 Å². The van der Waals surface area contributed by atoms with E-state index in [1.165, 1.54) is 12.1 Å². The number of imide groups is 1. The van der Waals surface area contributed by atoms with Crippen molar-refractivity contribution in [3.63, 3.8) is 0 Å². The van der Waals surface area contributed by atoms with Gasteiger partial charge in [0, 0.05) is 17.1 Å². The molecular weight excluding hydrogens is 381 g/mol. The minimum absolute atomic E-state index is 0.0592. The number of fused-ring (bicyclic) bond motifs is 2. The zero-order chi connectivity index (χ0) is 20.9. The minimum atomic E-state index is -1.21. The van der Waals surface area contributed by atoms with Crippen molar-refractivity contribution >= 4 is 33.6 Å². The van der Waals surface area contributed by atoms with Gasteiger partial charge in [-0.1, -0.05) is 48.5 Å². The number of halogens is 1. The third-order valence-corrected chi connectivity index (χ3v) is 5.68. The van der Waals surface area contributed by atoms with Crippen LogP contribution in [0.1, 0.15) is 18.1 Å². The van der Waals surface area contributed by atoms with E-state index in [1.807, 2.05) is 42.5 Å². The molecule has 3 aromatic carbocycles. The zero-order valence-corrected chi connectivity index (χ0v) is 16.2. The summed E-state index contributed by atoms with van der Waals surface area (Å²) in [6.07, 6.45) is 1.61. The Morgan fingerprint density at radius 1 is 1.00 bits per heavy atom. The molecule has 5 rings (SSSR count). The van der Waals surface area contributed by atoms with Gasteiger partial charge in [-0.2, -0.15) is 0 Å². The molecule has 1 fully saturated rings. The highest BCUT2D eigenvalue weighted by Crippen LogP contribution is 2.35. The van der Waals surface area contributed by atoms with Gasteiger partial charge in [0.05, 0.1) is 12.1 Å². The number of carbonyl (C=O) groups excluding carboxylic acids is 2. The summed E-state index contributed by atoms with van der Waals surface area (Å²) < 4.78 is 14.1. The Bertz CT molecular complexity index is 1330. The van der Waals surface area contributed by atoms with Crippen LogP contribution in [0.15, 0.2) is 72.9 Å². The van der Waals surface area contributed by atoms with Crippen LogP contribution in [-0.2, 0) is 16.9 Å². The van der Waals surface area contributed by atoms with Gasteiger partial charge >= 0.3 is 6.03 Å². The van der Waals surface area contributed by atoms with E-state index < -0.39 is 17.4 Å². The molecule has 5 nitrogen and oxygen atoms in total. The lowest BCUT2D eigenvalue weighted by Crippen LogP contribution is -2.41. The Balaban J connectivity index is 1.57. The summed E-state index contributed by atoms with van der Waals surface area (Å²) in [6, 6.07) is 19.1. The van der Waals surface area contributed by atoms with Crippen LogP contribution < -0.4 is 5.32 Å². The van der Waals surface area contributed by atoms with E-state index in [9.17, 15) is 14.0 Å². The number of hydrogen-bond acceptors (Lipinski definition) is 3. The van der Waals surface area contributed by atoms with Crippen molar-refractivity contribution in [1.29, 1.82) is 0 Å². The summed E-state index contributed by atoms with van der Waals surface area (Å²) in [5.41, 5.74) is 0.562. The predicted octanol–water partition coefficient (Wildman–Crippen LogP) is 4.49. The Labute approximate surface area is 172 Å². The number of aromatic nitrogens is 1. The maximum Gasteiger partial charge on any atom is 0.325 e. The lowest BCUT2D eigenvalue weighted by atomic mass is 9.87. The first-order chi connectivity index (χ1) is 14.5. The molecule has 4 aromatic rings. The zero-order valence-electron chi connectivity index (χ0n) is 16.2. The van der Waals surface area contributed by atoms with Crippen LogP contribution in [0.25, 0.3) is 21.7 Å². The fourth-order valence-corrected chi connectivity index (χ4v) is 4.20. The molecule has 1 aromatic heterocycles. The van der Waals surface area contributed by atoms with Crippen LogP contribution in [0.2, 0.25) is 0 Å². The summed E-state index contributed by atoms with van der Waals surface area (Å²) in [4.78, 5) is 31.7. The molecule has 1 atom stereocenters. The fourth-order valence-electron chi connectivity index (χ4n) is 4.20. The van der Waals surface area contributed by atoms with Gasteiger partial charge in [-0.25, -0.2) is 9.18 Å². The second kappa shape index (κ2) is 6.62. The Morgan fingerprint density at radius 2 is 1.77 bits per heavy atom. The molecule has 1 unspecified atom stereocenters. The first-order valence-electron chi connectivity index (χ1n) is 9.63. The number of benzene rings is 3.